The van der Waals surface area contributed by atoms with Crippen molar-refractivity contribution >= 4 is 5.91 Å². The van der Waals surface area contributed by atoms with Gasteiger partial charge >= 0.3 is 0 Å². The summed E-state index contributed by atoms with van der Waals surface area (Å²) >= 11 is 0. The van der Waals surface area contributed by atoms with Crippen LogP contribution in [-0.4, -0.2) is 37.1 Å². The maximum atomic E-state index is 12.1. The lowest BCUT2D eigenvalue weighted by atomic mass is 10.2. The Bertz CT molecular complexity index is 354. The second-order valence-corrected chi connectivity index (χ2v) is 4.27. The fraction of sp³-hybridized carbons (Fsp3) is 0.500. The lowest BCUT2D eigenvalue weighted by Gasteiger charge is -2.25. The van der Waals surface area contributed by atoms with Gasteiger partial charge < -0.3 is 15.4 Å². The molecule has 4 nitrogen and oxygen atoms in total. The molecule has 0 radical (unpaired) electrons. The molecule has 0 bridgehead atoms. The van der Waals surface area contributed by atoms with Crippen LogP contribution in [0, 0.1) is 0 Å². The smallest absolute Gasteiger partial charge is 0.251 e. The van der Waals surface area contributed by atoms with Gasteiger partial charge in [-0.05, 0) is 25.5 Å². The molecule has 1 aromatic carbocycles. The van der Waals surface area contributed by atoms with Crippen molar-refractivity contribution in [1.29, 1.82) is 0 Å². The van der Waals surface area contributed by atoms with Crippen molar-refractivity contribution in [3.8, 4) is 0 Å². The summed E-state index contributed by atoms with van der Waals surface area (Å²) in [4.78, 5) is 13.9. The molecule has 0 heterocycles. The summed E-state index contributed by atoms with van der Waals surface area (Å²) in [7, 11) is 1.55. The summed E-state index contributed by atoms with van der Waals surface area (Å²) in [6.45, 7) is 3.62. The van der Waals surface area contributed by atoms with Crippen molar-refractivity contribution in [3.05, 3.63) is 35.9 Å². The zero-order valence-electron chi connectivity index (χ0n) is 11.1. The first-order chi connectivity index (χ1) is 8.69. The average Bonchev–Trinajstić information content (AvgIpc) is 2.42. The number of nitrogens with zero attached hydrogens (tertiary/aromatic N) is 1. The Labute approximate surface area is 109 Å². The van der Waals surface area contributed by atoms with E-state index in [1.54, 1.807) is 18.9 Å². The Morgan fingerprint density at radius 2 is 2.06 bits per heavy atom. The highest BCUT2D eigenvalue weighted by atomic mass is 16.5. The van der Waals surface area contributed by atoms with E-state index in [1.807, 2.05) is 30.3 Å². The van der Waals surface area contributed by atoms with Crippen LogP contribution < -0.4 is 5.73 Å². The number of carbonyl (C=O) groups is 1. The number of nitrogens with two attached hydrogens (primary N) is 1. The SMILES string of the molecule is COC(C)C(=O)N(CCCN)Cc1ccccc1. The van der Waals surface area contributed by atoms with Gasteiger partial charge in [0.2, 0.25) is 0 Å². The van der Waals surface area contributed by atoms with Crippen molar-refractivity contribution in [1.82, 2.24) is 4.90 Å². The number of methoxy groups -OCH3 is 1. The van der Waals surface area contributed by atoms with Crippen molar-refractivity contribution < 1.29 is 9.53 Å². The number of hydrogen-bond acceptors (Lipinski definition) is 3. The van der Waals surface area contributed by atoms with E-state index in [2.05, 4.69) is 0 Å². The Balaban J connectivity index is 2.69. The molecule has 0 aliphatic carbocycles. The van der Waals surface area contributed by atoms with Gasteiger partial charge in [0.15, 0.2) is 0 Å². The quantitative estimate of drug-likeness (QED) is 0.796. The highest BCUT2D eigenvalue weighted by Crippen LogP contribution is 2.08. The highest BCUT2D eigenvalue weighted by Gasteiger charge is 2.19. The number of carbonyl (C=O) groups excluding carboxylic acids is 1. The number of ether oxygens (including phenoxy) is 1. The Morgan fingerprint density at radius 1 is 1.39 bits per heavy atom. The molecule has 1 amide bonds. The minimum atomic E-state index is -0.411. The molecule has 0 aliphatic rings. The van der Waals surface area contributed by atoms with Gasteiger partial charge in [-0.2, -0.15) is 0 Å². The molecular formula is C14H22N2O2. The maximum absolute atomic E-state index is 12.1. The lowest BCUT2D eigenvalue weighted by Crippen LogP contribution is -2.39. The zero-order chi connectivity index (χ0) is 13.4. The molecule has 4 heteroatoms. The largest absolute Gasteiger partial charge is 0.372 e. The summed E-state index contributed by atoms with van der Waals surface area (Å²) in [5.41, 5.74) is 6.63. The number of hydrogen-bond donors (Lipinski definition) is 1. The van der Waals surface area contributed by atoms with Gasteiger partial charge in [-0.3, -0.25) is 4.79 Å². The molecule has 1 rings (SSSR count). The van der Waals surface area contributed by atoms with Crippen molar-refractivity contribution in [2.24, 2.45) is 5.73 Å². The molecule has 0 aromatic heterocycles. The van der Waals surface area contributed by atoms with Crippen LogP contribution >= 0.6 is 0 Å². The molecule has 0 aliphatic heterocycles. The molecule has 1 aromatic rings. The van der Waals surface area contributed by atoms with Gasteiger partial charge in [0.25, 0.3) is 5.91 Å². The van der Waals surface area contributed by atoms with Crippen LogP contribution in [0.25, 0.3) is 0 Å². The summed E-state index contributed by atoms with van der Waals surface area (Å²) in [5.74, 6) is 0.00908. The second-order valence-electron chi connectivity index (χ2n) is 4.27. The van der Waals surface area contributed by atoms with Crippen LogP contribution in [0.15, 0.2) is 30.3 Å². The summed E-state index contributed by atoms with van der Waals surface area (Å²) in [6, 6.07) is 9.94. The van der Waals surface area contributed by atoms with Gasteiger partial charge in [-0.1, -0.05) is 30.3 Å². The summed E-state index contributed by atoms with van der Waals surface area (Å²) < 4.78 is 5.09. The van der Waals surface area contributed by atoms with Crippen LogP contribution in [0.5, 0.6) is 0 Å². The average molecular weight is 250 g/mol. The number of amides is 1. The molecular weight excluding hydrogens is 228 g/mol. The Hall–Kier alpha value is -1.39. The van der Waals surface area contributed by atoms with Crippen molar-refractivity contribution in [3.63, 3.8) is 0 Å². The summed E-state index contributed by atoms with van der Waals surface area (Å²) in [5, 5.41) is 0. The number of benzene rings is 1. The maximum Gasteiger partial charge on any atom is 0.251 e. The van der Waals surface area contributed by atoms with Gasteiger partial charge in [0, 0.05) is 20.2 Å². The van der Waals surface area contributed by atoms with Crippen LogP contribution in [0.1, 0.15) is 18.9 Å². The monoisotopic (exact) mass is 250 g/mol. The van der Waals surface area contributed by atoms with Crippen LogP contribution in [0.3, 0.4) is 0 Å². The second kappa shape index (κ2) is 7.84. The first-order valence-corrected chi connectivity index (χ1v) is 6.24. The Morgan fingerprint density at radius 3 is 2.61 bits per heavy atom. The molecule has 1 atom stereocenters. The molecule has 0 spiro atoms. The van der Waals surface area contributed by atoms with E-state index >= 15 is 0 Å². The first kappa shape index (κ1) is 14.7. The highest BCUT2D eigenvalue weighted by molar-refractivity contribution is 5.80. The molecule has 0 saturated heterocycles. The van der Waals surface area contributed by atoms with E-state index in [1.165, 1.54) is 0 Å². The van der Waals surface area contributed by atoms with E-state index in [0.29, 0.717) is 19.6 Å². The van der Waals surface area contributed by atoms with Crippen LogP contribution in [-0.2, 0) is 16.1 Å². The lowest BCUT2D eigenvalue weighted by molar-refractivity contribution is -0.141. The van der Waals surface area contributed by atoms with Gasteiger partial charge in [0.05, 0.1) is 0 Å². The van der Waals surface area contributed by atoms with E-state index in [9.17, 15) is 4.79 Å². The molecule has 1 unspecified atom stereocenters. The first-order valence-electron chi connectivity index (χ1n) is 6.24. The third-order valence-electron chi connectivity index (χ3n) is 2.86. The van der Waals surface area contributed by atoms with Gasteiger partial charge in [-0.25, -0.2) is 0 Å². The number of rotatable bonds is 7. The molecule has 2 N–H and O–H groups in total. The Kier molecular flexibility index (Phi) is 6.39. The minimum Gasteiger partial charge on any atom is -0.372 e. The molecule has 18 heavy (non-hydrogen) atoms. The molecule has 100 valence electrons. The van der Waals surface area contributed by atoms with Crippen LogP contribution in [0.4, 0.5) is 0 Å². The van der Waals surface area contributed by atoms with E-state index in [-0.39, 0.29) is 5.91 Å². The molecule has 0 saturated carbocycles. The zero-order valence-corrected chi connectivity index (χ0v) is 11.1. The van der Waals surface area contributed by atoms with Crippen LogP contribution in [0.2, 0.25) is 0 Å². The van der Waals surface area contributed by atoms with E-state index in [0.717, 1.165) is 12.0 Å². The third-order valence-corrected chi connectivity index (χ3v) is 2.86. The van der Waals surface area contributed by atoms with Gasteiger partial charge in [0.1, 0.15) is 6.10 Å². The predicted octanol–water partition coefficient (Wildman–Crippen LogP) is 1.40. The van der Waals surface area contributed by atoms with Gasteiger partial charge in [-0.15, -0.1) is 0 Å². The standard InChI is InChI=1S/C14H22N2O2/c1-12(18-2)14(17)16(10-6-9-15)11-13-7-4-3-5-8-13/h3-5,7-8,12H,6,9-11,15H2,1-2H3. The predicted molar refractivity (Wildman–Crippen MR) is 72.0 cm³/mol. The fourth-order valence-electron chi connectivity index (χ4n) is 1.71. The van der Waals surface area contributed by atoms with E-state index in [4.69, 9.17) is 10.5 Å². The normalized spacial score (nSPS) is 12.2. The van der Waals surface area contributed by atoms with Crippen molar-refractivity contribution in [2.75, 3.05) is 20.2 Å². The summed E-state index contributed by atoms with van der Waals surface area (Å²) in [6.07, 6.45) is 0.390. The van der Waals surface area contributed by atoms with E-state index < -0.39 is 6.10 Å². The van der Waals surface area contributed by atoms with Crippen molar-refractivity contribution in [2.45, 2.75) is 26.0 Å². The molecule has 0 fully saturated rings. The third kappa shape index (κ3) is 4.47. The fourth-order valence-corrected chi connectivity index (χ4v) is 1.71. The minimum absolute atomic E-state index is 0.00908. The topological polar surface area (TPSA) is 55.6 Å².